The Morgan fingerprint density at radius 3 is 2.64 bits per heavy atom. The molecule has 2 aromatic carbocycles. The van der Waals surface area contributed by atoms with Gasteiger partial charge in [-0.15, -0.1) is 0 Å². The van der Waals surface area contributed by atoms with Crippen LogP contribution in [0, 0.1) is 0 Å². The zero-order valence-electron chi connectivity index (χ0n) is 12.1. The predicted octanol–water partition coefficient (Wildman–Crippen LogP) is 3.41. The zero-order chi connectivity index (χ0) is 15.5. The number of ether oxygens (including phenoxy) is 2. The Bertz CT molecular complexity index is 689. The summed E-state index contributed by atoms with van der Waals surface area (Å²) in [7, 11) is 0. The lowest BCUT2D eigenvalue weighted by Crippen LogP contribution is -2.48. The molecule has 0 aliphatic carbocycles. The Labute approximate surface area is 137 Å². The lowest BCUT2D eigenvalue weighted by atomic mass is 10.1. The van der Waals surface area contributed by atoms with Gasteiger partial charge in [-0.1, -0.05) is 24.3 Å². The first-order chi connectivity index (χ1) is 10.6. The summed E-state index contributed by atoms with van der Waals surface area (Å²) in [6.07, 6.45) is -0.221. The molecule has 5 heteroatoms. The quantitative estimate of drug-likeness (QED) is 0.911. The Kier molecular flexibility index (Phi) is 4.34. The minimum Gasteiger partial charge on any atom is -0.486 e. The van der Waals surface area contributed by atoms with E-state index in [0.717, 1.165) is 10.2 Å². The second kappa shape index (κ2) is 6.40. The monoisotopic (exact) mass is 361 g/mol. The Balaban J connectivity index is 1.67. The van der Waals surface area contributed by atoms with E-state index >= 15 is 0 Å². The maximum atomic E-state index is 12.3. The minimum atomic E-state index is -0.221. The average molecular weight is 362 g/mol. The van der Waals surface area contributed by atoms with Crippen LogP contribution in [0.4, 0.5) is 0 Å². The Morgan fingerprint density at radius 2 is 1.86 bits per heavy atom. The number of fused-ring (bicyclic) bond motifs is 1. The van der Waals surface area contributed by atoms with Gasteiger partial charge in [0.2, 0.25) is 0 Å². The van der Waals surface area contributed by atoms with Crippen LogP contribution in [0.2, 0.25) is 0 Å². The Hall–Kier alpha value is -2.01. The third-order valence-electron chi connectivity index (χ3n) is 3.57. The van der Waals surface area contributed by atoms with Gasteiger partial charge < -0.3 is 14.8 Å². The molecule has 2 aromatic rings. The normalized spacial score (nSPS) is 17.6. The van der Waals surface area contributed by atoms with E-state index < -0.39 is 0 Å². The second-order valence-corrected chi connectivity index (χ2v) is 6.01. The molecule has 1 N–H and O–H groups in total. The fourth-order valence-electron chi connectivity index (χ4n) is 2.31. The van der Waals surface area contributed by atoms with Gasteiger partial charge >= 0.3 is 0 Å². The number of carbonyl (C=O) groups is 1. The van der Waals surface area contributed by atoms with Gasteiger partial charge in [-0.3, -0.25) is 4.79 Å². The molecule has 4 nitrogen and oxygen atoms in total. The standard InChI is InChI=1S/C17H16BrNO3/c1-11(19-17(20)12-6-2-3-7-13(12)18)16-10-21-14-8-4-5-9-15(14)22-16/h2-9,11,16H,10H2,1H3,(H,19,20)/t11-,16+/m1/s1. The van der Waals surface area contributed by atoms with E-state index in [1.807, 2.05) is 49.4 Å². The molecule has 114 valence electrons. The first-order valence-corrected chi connectivity index (χ1v) is 7.88. The van der Waals surface area contributed by atoms with Crippen LogP contribution in [0.3, 0.4) is 0 Å². The van der Waals surface area contributed by atoms with Gasteiger partial charge in [0.05, 0.1) is 11.6 Å². The number of halogens is 1. The number of hydrogen-bond acceptors (Lipinski definition) is 3. The van der Waals surface area contributed by atoms with Crippen molar-refractivity contribution in [1.82, 2.24) is 5.32 Å². The van der Waals surface area contributed by atoms with Crippen LogP contribution >= 0.6 is 15.9 Å². The molecule has 0 unspecified atom stereocenters. The molecule has 3 rings (SSSR count). The van der Waals surface area contributed by atoms with E-state index in [0.29, 0.717) is 17.9 Å². The van der Waals surface area contributed by atoms with E-state index in [2.05, 4.69) is 21.2 Å². The van der Waals surface area contributed by atoms with E-state index in [1.165, 1.54) is 0 Å². The summed E-state index contributed by atoms with van der Waals surface area (Å²) in [5.41, 5.74) is 0.603. The van der Waals surface area contributed by atoms with Gasteiger partial charge in [-0.2, -0.15) is 0 Å². The molecule has 2 atom stereocenters. The van der Waals surface area contributed by atoms with Crippen molar-refractivity contribution in [3.63, 3.8) is 0 Å². The second-order valence-electron chi connectivity index (χ2n) is 5.16. The van der Waals surface area contributed by atoms with Crippen molar-refractivity contribution in [2.75, 3.05) is 6.61 Å². The third kappa shape index (κ3) is 3.09. The molecule has 1 aliphatic heterocycles. The summed E-state index contributed by atoms with van der Waals surface area (Å²) in [5.74, 6) is 1.31. The molecule has 0 saturated carbocycles. The highest BCUT2D eigenvalue weighted by Crippen LogP contribution is 2.31. The third-order valence-corrected chi connectivity index (χ3v) is 4.26. The van der Waals surface area contributed by atoms with Gasteiger partial charge in [0.15, 0.2) is 17.6 Å². The molecule has 0 saturated heterocycles. The molecule has 0 radical (unpaired) electrons. The van der Waals surface area contributed by atoms with Crippen molar-refractivity contribution in [2.24, 2.45) is 0 Å². The summed E-state index contributed by atoms with van der Waals surface area (Å²) in [5, 5.41) is 2.96. The lowest BCUT2D eigenvalue weighted by Gasteiger charge is -2.30. The molecule has 0 spiro atoms. The zero-order valence-corrected chi connectivity index (χ0v) is 13.7. The van der Waals surface area contributed by atoms with Crippen molar-refractivity contribution in [3.05, 3.63) is 58.6 Å². The maximum absolute atomic E-state index is 12.3. The number of rotatable bonds is 3. The summed E-state index contributed by atoms with van der Waals surface area (Å²) < 4.78 is 12.4. The molecule has 22 heavy (non-hydrogen) atoms. The smallest absolute Gasteiger partial charge is 0.252 e. The maximum Gasteiger partial charge on any atom is 0.252 e. The van der Waals surface area contributed by atoms with Gasteiger partial charge in [-0.05, 0) is 47.1 Å². The number of hydrogen-bond donors (Lipinski definition) is 1. The van der Waals surface area contributed by atoms with Crippen LogP contribution in [0.25, 0.3) is 0 Å². The van der Waals surface area contributed by atoms with Crippen molar-refractivity contribution >= 4 is 21.8 Å². The van der Waals surface area contributed by atoms with Gasteiger partial charge in [0.25, 0.3) is 5.91 Å². The number of benzene rings is 2. The van der Waals surface area contributed by atoms with Crippen LogP contribution in [-0.4, -0.2) is 24.7 Å². The van der Waals surface area contributed by atoms with Crippen LogP contribution in [0.1, 0.15) is 17.3 Å². The topological polar surface area (TPSA) is 47.6 Å². The molecule has 1 heterocycles. The SMILES string of the molecule is C[C@@H](NC(=O)c1ccccc1Br)[C@@H]1COc2ccccc2O1. The highest BCUT2D eigenvalue weighted by molar-refractivity contribution is 9.10. The fraction of sp³-hybridized carbons (Fsp3) is 0.235. The first-order valence-electron chi connectivity index (χ1n) is 7.09. The van der Waals surface area contributed by atoms with Crippen molar-refractivity contribution in [1.29, 1.82) is 0 Å². The predicted molar refractivity (Wildman–Crippen MR) is 87.4 cm³/mol. The summed E-state index contributed by atoms with van der Waals surface area (Å²) >= 11 is 3.39. The van der Waals surface area contributed by atoms with Crippen LogP contribution in [-0.2, 0) is 0 Å². The number of amides is 1. The lowest BCUT2D eigenvalue weighted by molar-refractivity contribution is 0.0606. The highest BCUT2D eigenvalue weighted by Gasteiger charge is 2.27. The fourth-order valence-corrected chi connectivity index (χ4v) is 2.77. The minimum absolute atomic E-state index is 0.137. The molecule has 0 bridgehead atoms. The van der Waals surface area contributed by atoms with Gasteiger partial charge in [-0.25, -0.2) is 0 Å². The van der Waals surface area contributed by atoms with Crippen molar-refractivity contribution in [2.45, 2.75) is 19.1 Å². The highest BCUT2D eigenvalue weighted by atomic mass is 79.9. The van der Waals surface area contributed by atoms with Crippen molar-refractivity contribution in [3.8, 4) is 11.5 Å². The van der Waals surface area contributed by atoms with E-state index in [1.54, 1.807) is 6.07 Å². The molecule has 1 amide bonds. The summed E-state index contributed by atoms with van der Waals surface area (Å²) in [6.45, 7) is 2.32. The average Bonchev–Trinajstić information content (AvgIpc) is 2.54. The molecular formula is C17H16BrNO3. The summed E-state index contributed by atoms with van der Waals surface area (Å²) in [6, 6.07) is 14.7. The summed E-state index contributed by atoms with van der Waals surface area (Å²) in [4.78, 5) is 12.3. The molecule has 1 aliphatic rings. The Morgan fingerprint density at radius 1 is 1.18 bits per heavy atom. The van der Waals surface area contributed by atoms with Crippen LogP contribution < -0.4 is 14.8 Å². The van der Waals surface area contributed by atoms with Crippen molar-refractivity contribution < 1.29 is 14.3 Å². The molecule has 0 fully saturated rings. The first kappa shape index (κ1) is 14.9. The van der Waals surface area contributed by atoms with Gasteiger partial charge in [0, 0.05) is 4.47 Å². The molecular weight excluding hydrogens is 346 g/mol. The number of para-hydroxylation sites is 2. The van der Waals surface area contributed by atoms with E-state index in [-0.39, 0.29) is 18.1 Å². The molecule has 0 aromatic heterocycles. The number of nitrogens with one attached hydrogen (secondary N) is 1. The van der Waals surface area contributed by atoms with E-state index in [4.69, 9.17) is 9.47 Å². The van der Waals surface area contributed by atoms with E-state index in [9.17, 15) is 4.79 Å². The van der Waals surface area contributed by atoms with Crippen LogP contribution in [0.15, 0.2) is 53.0 Å². The van der Waals surface area contributed by atoms with Crippen LogP contribution in [0.5, 0.6) is 11.5 Å². The number of carbonyl (C=O) groups excluding carboxylic acids is 1. The largest absolute Gasteiger partial charge is 0.486 e. The van der Waals surface area contributed by atoms with Gasteiger partial charge in [0.1, 0.15) is 6.61 Å².